The van der Waals surface area contributed by atoms with E-state index in [1.807, 2.05) is 0 Å². The highest BCUT2D eigenvalue weighted by atomic mass is 16.4. The standard InChI is InChI=1S/C20H30N2O3/c1-5-17(19(24)25)18(23)21-15-10-12-22(13-11-15)16-8-6-14(7-9-16)20(2,3)4/h6-9,15,17H,5,10-13H2,1-4H3,(H,21,23)(H,24,25). The van der Waals surface area contributed by atoms with Gasteiger partial charge in [-0.15, -0.1) is 0 Å². The third-order valence-electron chi connectivity index (χ3n) is 4.96. The lowest BCUT2D eigenvalue weighted by atomic mass is 9.87. The number of aliphatic carboxylic acids is 1. The molecule has 1 aromatic carbocycles. The van der Waals surface area contributed by atoms with Crippen molar-refractivity contribution in [2.45, 2.75) is 58.4 Å². The van der Waals surface area contributed by atoms with Gasteiger partial charge in [0.05, 0.1) is 0 Å². The lowest BCUT2D eigenvalue weighted by molar-refractivity contribution is -0.147. The van der Waals surface area contributed by atoms with Crippen LogP contribution in [0.2, 0.25) is 0 Å². The molecule has 2 rings (SSSR count). The molecule has 1 aromatic rings. The Labute approximate surface area is 150 Å². The molecule has 1 aliphatic rings. The van der Waals surface area contributed by atoms with Crippen LogP contribution in [-0.4, -0.2) is 36.1 Å². The van der Waals surface area contributed by atoms with Crippen LogP contribution in [0, 0.1) is 5.92 Å². The molecule has 0 saturated carbocycles. The van der Waals surface area contributed by atoms with Crippen molar-refractivity contribution in [2.24, 2.45) is 5.92 Å². The van der Waals surface area contributed by atoms with Crippen molar-refractivity contribution in [1.82, 2.24) is 5.32 Å². The fourth-order valence-electron chi connectivity index (χ4n) is 3.23. The van der Waals surface area contributed by atoms with E-state index in [2.05, 4.69) is 55.3 Å². The molecule has 1 aliphatic heterocycles. The summed E-state index contributed by atoms with van der Waals surface area (Å²) in [5.41, 5.74) is 2.67. The van der Waals surface area contributed by atoms with Gasteiger partial charge in [0.1, 0.15) is 5.92 Å². The van der Waals surface area contributed by atoms with Gasteiger partial charge in [0, 0.05) is 24.8 Å². The molecule has 25 heavy (non-hydrogen) atoms. The van der Waals surface area contributed by atoms with Crippen molar-refractivity contribution in [2.75, 3.05) is 18.0 Å². The van der Waals surface area contributed by atoms with Crippen LogP contribution in [0.15, 0.2) is 24.3 Å². The number of benzene rings is 1. The van der Waals surface area contributed by atoms with E-state index >= 15 is 0 Å². The first-order valence-corrected chi connectivity index (χ1v) is 9.11. The second-order valence-corrected chi connectivity index (χ2v) is 7.87. The molecule has 1 atom stereocenters. The van der Waals surface area contributed by atoms with E-state index in [-0.39, 0.29) is 17.4 Å². The largest absolute Gasteiger partial charge is 0.481 e. The number of hydrogen-bond donors (Lipinski definition) is 2. The normalized spacial score (nSPS) is 17.2. The summed E-state index contributed by atoms with van der Waals surface area (Å²) in [5, 5.41) is 12.0. The van der Waals surface area contributed by atoms with Gasteiger partial charge in [0.15, 0.2) is 0 Å². The first-order chi connectivity index (χ1) is 11.7. The molecule has 1 saturated heterocycles. The molecule has 1 amide bonds. The molecule has 5 heteroatoms. The van der Waals surface area contributed by atoms with Crippen LogP contribution in [0.4, 0.5) is 5.69 Å². The van der Waals surface area contributed by atoms with E-state index in [4.69, 9.17) is 5.11 Å². The number of carboxylic acid groups (broad SMARTS) is 1. The van der Waals surface area contributed by atoms with Gasteiger partial charge in [-0.3, -0.25) is 9.59 Å². The molecular weight excluding hydrogens is 316 g/mol. The third-order valence-corrected chi connectivity index (χ3v) is 4.96. The molecule has 138 valence electrons. The molecule has 0 bridgehead atoms. The summed E-state index contributed by atoms with van der Waals surface area (Å²) in [6, 6.07) is 8.75. The minimum atomic E-state index is -1.05. The maximum atomic E-state index is 12.1. The zero-order valence-corrected chi connectivity index (χ0v) is 15.7. The van der Waals surface area contributed by atoms with Gasteiger partial charge >= 0.3 is 5.97 Å². The van der Waals surface area contributed by atoms with Gasteiger partial charge in [0.2, 0.25) is 5.91 Å². The molecule has 5 nitrogen and oxygen atoms in total. The molecule has 0 aromatic heterocycles. The summed E-state index contributed by atoms with van der Waals surface area (Å²) in [6.07, 6.45) is 1.99. The molecule has 0 radical (unpaired) electrons. The van der Waals surface area contributed by atoms with Gasteiger partial charge in [-0.25, -0.2) is 0 Å². The average molecular weight is 346 g/mol. The summed E-state index contributed by atoms with van der Waals surface area (Å²) in [4.78, 5) is 25.5. The zero-order chi connectivity index (χ0) is 18.6. The fourth-order valence-corrected chi connectivity index (χ4v) is 3.23. The van der Waals surface area contributed by atoms with Gasteiger partial charge in [-0.1, -0.05) is 39.8 Å². The molecule has 0 aliphatic carbocycles. The number of carbonyl (C=O) groups excluding carboxylic acids is 1. The summed E-state index contributed by atoms with van der Waals surface area (Å²) >= 11 is 0. The Morgan fingerprint density at radius 2 is 1.76 bits per heavy atom. The highest BCUT2D eigenvalue weighted by molar-refractivity contribution is 5.96. The molecule has 1 unspecified atom stereocenters. The highest BCUT2D eigenvalue weighted by Crippen LogP contribution is 2.26. The SMILES string of the molecule is CCC(C(=O)O)C(=O)NC1CCN(c2ccc(C(C)(C)C)cc2)CC1. The van der Waals surface area contributed by atoms with Crippen molar-refractivity contribution in [3.05, 3.63) is 29.8 Å². The second kappa shape index (κ2) is 7.89. The Morgan fingerprint density at radius 1 is 1.20 bits per heavy atom. The van der Waals surface area contributed by atoms with Crippen molar-refractivity contribution in [3.63, 3.8) is 0 Å². The Kier molecular flexibility index (Phi) is 6.09. The predicted molar refractivity (Wildman–Crippen MR) is 99.9 cm³/mol. The summed E-state index contributed by atoms with van der Waals surface area (Å²) in [6.45, 7) is 10.1. The number of rotatable bonds is 5. The average Bonchev–Trinajstić information content (AvgIpc) is 2.55. The number of hydrogen-bond acceptors (Lipinski definition) is 3. The number of anilines is 1. The number of nitrogens with zero attached hydrogens (tertiary/aromatic N) is 1. The van der Waals surface area contributed by atoms with Crippen molar-refractivity contribution in [3.8, 4) is 0 Å². The van der Waals surface area contributed by atoms with Crippen molar-refractivity contribution < 1.29 is 14.7 Å². The first-order valence-electron chi connectivity index (χ1n) is 9.11. The number of nitrogens with one attached hydrogen (secondary N) is 1. The lowest BCUT2D eigenvalue weighted by Crippen LogP contribution is -2.47. The topological polar surface area (TPSA) is 69.6 Å². The number of carboxylic acids is 1. The molecule has 0 spiro atoms. The smallest absolute Gasteiger partial charge is 0.316 e. The van der Waals surface area contributed by atoms with E-state index in [0.29, 0.717) is 6.42 Å². The lowest BCUT2D eigenvalue weighted by Gasteiger charge is -2.34. The Morgan fingerprint density at radius 3 is 2.20 bits per heavy atom. The number of piperidine rings is 1. The van der Waals surface area contributed by atoms with Crippen LogP contribution in [0.25, 0.3) is 0 Å². The fraction of sp³-hybridized carbons (Fsp3) is 0.600. The van der Waals surface area contributed by atoms with E-state index < -0.39 is 11.9 Å². The molecular formula is C20H30N2O3. The predicted octanol–water partition coefficient (Wildman–Crippen LogP) is 3.18. The monoisotopic (exact) mass is 346 g/mol. The Hall–Kier alpha value is -2.04. The quantitative estimate of drug-likeness (QED) is 0.804. The van der Waals surface area contributed by atoms with E-state index in [1.54, 1.807) is 6.92 Å². The summed E-state index contributed by atoms with van der Waals surface area (Å²) < 4.78 is 0. The number of amides is 1. The van der Waals surface area contributed by atoms with Crippen LogP contribution in [0.3, 0.4) is 0 Å². The van der Waals surface area contributed by atoms with Crippen LogP contribution >= 0.6 is 0 Å². The molecule has 1 heterocycles. The Bertz CT molecular complexity index is 596. The zero-order valence-electron chi connectivity index (χ0n) is 15.7. The first kappa shape index (κ1) is 19.3. The van der Waals surface area contributed by atoms with E-state index in [9.17, 15) is 9.59 Å². The molecule has 2 N–H and O–H groups in total. The third kappa shape index (κ3) is 4.97. The minimum absolute atomic E-state index is 0.0611. The van der Waals surface area contributed by atoms with E-state index in [1.165, 1.54) is 11.3 Å². The van der Waals surface area contributed by atoms with Crippen LogP contribution in [-0.2, 0) is 15.0 Å². The Balaban J connectivity index is 1.89. The van der Waals surface area contributed by atoms with Crippen LogP contribution < -0.4 is 10.2 Å². The van der Waals surface area contributed by atoms with Crippen LogP contribution in [0.5, 0.6) is 0 Å². The van der Waals surface area contributed by atoms with Gasteiger partial charge in [-0.05, 0) is 42.4 Å². The van der Waals surface area contributed by atoms with Crippen LogP contribution in [0.1, 0.15) is 52.5 Å². The van der Waals surface area contributed by atoms with Gasteiger partial charge in [0.25, 0.3) is 0 Å². The maximum Gasteiger partial charge on any atom is 0.316 e. The van der Waals surface area contributed by atoms with Crippen molar-refractivity contribution >= 4 is 17.6 Å². The van der Waals surface area contributed by atoms with Crippen molar-refractivity contribution in [1.29, 1.82) is 0 Å². The van der Waals surface area contributed by atoms with Gasteiger partial charge in [-0.2, -0.15) is 0 Å². The van der Waals surface area contributed by atoms with Gasteiger partial charge < -0.3 is 15.3 Å². The molecule has 1 fully saturated rings. The minimum Gasteiger partial charge on any atom is -0.481 e. The maximum absolute atomic E-state index is 12.1. The summed E-state index contributed by atoms with van der Waals surface area (Å²) in [7, 11) is 0. The highest BCUT2D eigenvalue weighted by Gasteiger charge is 2.28. The second-order valence-electron chi connectivity index (χ2n) is 7.87. The number of carbonyl (C=O) groups is 2. The summed E-state index contributed by atoms with van der Waals surface area (Å²) in [5.74, 6) is -2.35. The van der Waals surface area contributed by atoms with E-state index in [0.717, 1.165) is 25.9 Å².